The Hall–Kier alpha value is -3.16. The molecule has 0 radical (unpaired) electrons. The summed E-state index contributed by atoms with van der Waals surface area (Å²) in [6, 6.07) is 9.51. The first kappa shape index (κ1) is 18.2. The monoisotopic (exact) mass is 381 g/mol. The lowest BCUT2D eigenvalue weighted by Crippen LogP contribution is -2.34. The molecule has 8 nitrogen and oxygen atoms in total. The standard InChI is InChI=1S/C20H23N5O3/c1-13(26)24-10-15-9-23(2)20(28)18-17(22-12-25(18)16(15)11-24)19(27)21-8-14-6-4-3-5-7-14/h3-7,12,15-16H,8-11H2,1-2H3,(H,21,27)/t15-,16+/m0/s1. The Bertz CT molecular complexity index is 923. The topological polar surface area (TPSA) is 87.5 Å². The van der Waals surface area contributed by atoms with Crippen molar-refractivity contribution < 1.29 is 14.4 Å². The lowest BCUT2D eigenvalue weighted by atomic mass is 10.0. The van der Waals surface area contributed by atoms with Gasteiger partial charge in [-0.15, -0.1) is 0 Å². The van der Waals surface area contributed by atoms with Gasteiger partial charge in [0.05, 0.1) is 12.4 Å². The first-order valence-corrected chi connectivity index (χ1v) is 9.35. The van der Waals surface area contributed by atoms with Gasteiger partial charge in [-0.3, -0.25) is 14.4 Å². The van der Waals surface area contributed by atoms with E-state index in [4.69, 9.17) is 0 Å². The number of benzene rings is 1. The van der Waals surface area contributed by atoms with E-state index in [1.807, 2.05) is 30.3 Å². The van der Waals surface area contributed by atoms with Gasteiger partial charge in [-0.1, -0.05) is 30.3 Å². The third-order valence-electron chi connectivity index (χ3n) is 5.57. The number of aromatic nitrogens is 2. The maximum Gasteiger partial charge on any atom is 0.272 e. The van der Waals surface area contributed by atoms with Crippen LogP contribution in [0.25, 0.3) is 0 Å². The number of rotatable bonds is 3. The Labute approximate surface area is 163 Å². The number of nitrogens with zero attached hydrogens (tertiary/aromatic N) is 4. The highest BCUT2D eigenvalue weighted by molar-refractivity contribution is 6.05. The van der Waals surface area contributed by atoms with Crippen LogP contribution in [0.2, 0.25) is 0 Å². The van der Waals surface area contributed by atoms with E-state index in [9.17, 15) is 14.4 Å². The molecule has 1 fully saturated rings. The summed E-state index contributed by atoms with van der Waals surface area (Å²) in [7, 11) is 1.73. The second-order valence-electron chi connectivity index (χ2n) is 7.45. The van der Waals surface area contributed by atoms with Gasteiger partial charge in [0.1, 0.15) is 5.69 Å². The van der Waals surface area contributed by atoms with Crippen LogP contribution in [0, 0.1) is 5.92 Å². The smallest absolute Gasteiger partial charge is 0.272 e. The van der Waals surface area contributed by atoms with Gasteiger partial charge in [0.15, 0.2) is 5.69 Å². The fourth-order valence-electron chi connectivity index (χ4n) is 4.07. The molecule has 2 aliphatic rings. The van der Waals surface area contributed by atoms with Crippen molar-refractivity contribution in [2.45, 2.75) is 19.5 Å². The molecule has 0 aliphatic carbocycles. The molecule has 3 heterocycles. The molecular weight excluding hydrogens is 358 g/mol. The molecule has 2 atom stereocenters. The van der Waals surface area contributed by atoms with Crippen LogP contribution in [0.3, 0.4) is 0 Å². The van der Waals surface area contributed by atoms with Gasteiger partial charge >= 0.3 is 0 Å². The van der Waals surface area contributed by atoms with Crippen LogP contribution in [0.15, 0.2) is 36.7 Å². The molecule has 146 valence electrons. The molecule has 1 N–H and O–H groups in total. The maximum atomic E-state index is 12.9. The summed E-state index contributed by atoms with van der Waals surface area (Å²) in [6.07, 6.45) is 1.56. The largest absolute Gasteiger partial charge is 0.347 e. The fourth-order valence-corrected chi connectivity index (χ4v) is 4.07. The number of fused-ring (bicyclic) bond motifs is 3. The van der Waals surface area contributed by atoms with E-state index in [1.165, 1.54) is 0 Å². The minimum atomic E-state index is -0.376. The van der Waals surface area contributed by atoms with Crippen LogP contribution < -0.4 is 5.32 Å². The highest BCUT2D eigenvalue weighted by Crippen LogP contribution is 2.33. The molecular formula is C20H23N5O3. The summed E-state index contributed by atoms with van der Waals surface area (Å²) in [5.74, 6) is -0.455. The van der Waals surface area contributed by atoms with Crippen molar-refractivity contribution in [1.29, 1.82) is 0 Å². The second kappa shape index (κ2) is 7.10. The van der Waals surface area contributed by atoms with Crippen LogP contribution in [0.1, 0.15) is 39.5 Å². The summed E-state index contributed by atoms with van der Waals surface area (Å²) in [5, 5.41) is 2.84. The van der Waals surface area contributed by atoms with Crippen molar-refractivity contribution in [3.63, 3.8) is 0 Å². The van der Waals surface area contributed by atoms with Gasteiger partial charge < -0.3 is 19.7 Å². The third kappa shape index (κ3) is 3.15. The quantitative estimate of drug-likeness (QED) is 0.856. The second-order valence-corrected chi connectivity index (χ2v) is 7.45. The molecule has 8 heteroatoms. The van der Waals surface area contributed by atoms with Gasteiger partial charge in [-0.2, -0.15) is 0 Å². The van der Waals surface area contributed by atoms with Gasteiger partial charge in [0, 0.05) is 46.1 Å². The minimum absolute atomic E-state index is 0.0181. The predicted molar refractivity (Wildman–Crippen MR) is 102 cm³/mol. The number of likely N-dealkylation sites (tertiary alicyclic amines) is 1. The first-order chi connectivity index (χ1) is 13.5. The SMILES string of the molecule is CC(=O)N1C[C@@H]2CN(C)C(=O)c3c(C(=O)NCc4ccccc4)ncn3[C@@H]2C1. The van der Waals surface area contributed by atoms with Crippen molar-refractivity contribution >= 4 is 17.7 Å². The molecule has 28 heavy (non-hydrogen) atoms. The van der Waals surface area contributed by atoms with E-state index >= 15 is 0 Å². The van der Waals surface area contributed by atoms with Crippen LogP contribution in [0.5, 0.6) is 0 Å². The molecule has 1 aromatic heterocycles. The number of hydrogen-bond acceptors (Lipinski definition) is 4. The Balaban J connectivity index is 1.62. The van der Waals surface area contributed by atoms with Crippen LogP contribution in [-0.4, -0.2) is 63.8 Å². The first-order valence-electron chi connectivity index (χ1n) is 9.35. The highest BCUT2D eigenvalue weighted by atomic mass is 16.2. The molecule has 0 bridgehead atoms. The molecule has 1 saturated heterocycles. The fraction of sp³-hybridized carbons (Fsp3) is 0.400. The molecule has 2 aliphatic heterocycles. The van der Waals surface area contributed by atoms with Crippen LogP contribution in [0.4, 0.5) is 0 Å². The molecule has 4 rings (SSSR count). The Kier molecular flexibility index (Phi) is 4.62. The molecule has 0 saturated carbocycles. The van der Waals surface area contributed by atoms with E-state index in [1.54, 1.807) is 34.7 Å². The van der Waals surface area contributed by atoms with Gasteiger partial charge in [-0.25, -0.2) is 4.98 Å². The Morgan fingerprint density at radius 3 is 2.64 bits per heavy atom. The van der Waals surface area contributed by atoms with E-state index in [-0.39, 0.29) is 35.4 Å². The van der Waals surface area contributed by atoms with E-state index < -0.39 is 0 Å². The van der Waals surface area contributed by atoms with Gasteiger partial charge in [0.25, 0.3) is 11.8 Å². The summed E-state index contributed by atoms with van der Waals surface area (Å²) < 4.78 is 1.79. The summed E-state index contributed by atoms with van der Waals surface area (Å²) in [6.45, 7) is 3.58. The van der Waals surface area contributed by atoms with Crippen LogP contribution >= 0.6 is 0 Å². The highest BCUT2D eigenvalue weighted by Gasteiger charge is 2.42. The van der Waals surface area contributed by atoms with Crippen molar-refractivity contribution in [3.8, 4) is 0 Å². The minimum Gasteiger partial charge on any atom is -0.347 e. The Morgan fingerprint density at radius 2 is 1.93 bits per heavy atom. The molecule has 3 amide bonds. The zero-order valence-corrected chi connectivity index (χ0v) is 16.0. The molecule has 0 unspecified atom stereocenters. The van der Waals surface area contributed by atoms with E-state index in [0.29, 0.717) is 31.9 Å². The van der Waals surface area contributed by atoms with Crippen molar-refractivity contribution in [2.75, 3.05) is 26.7 Å². The van der Waals surface area contributed by atoms with E-state index in [2.05, 4.69) is 10.3 Å². The average Bonchev–Trinajstić information content (AvgIpc) is 3.28. The number of amides is 3. The molecule has 2 aromatic rings. The number of hydrogen-bond donors (Lipinski definition) is 1. The number of imidazole rings is 1. The van der Waals surface area contributed by atoms with E-state index in [0.717, 1.165) is 5.56 Å². The molecule has 1 aromatic carbocycles. The lowest BCUT2D eigenvalue weighted by Gasteiger charge is -2.19. The number of carbonyl (C=O) groups excluding carboxylic acids is 3. The number of carbonyl (C=O) groups is 3. The normalized spacial score (nSPS) is 21.1. The van der Waals surface area contributed by atoms with Crippen LogP contribution in [-0.2, 0) is 11.3 Å². The van der Waals surface area contributed by atoms with Gasteiger partial charge in [-0.05, 0) is 5.56 Å². The lowest BCUT2D eigenvalue weighted by molar-refractivity contribution is -0.128. The van der Waals surface area contributed by atoms with Crippen molar-refractivity contribution in [2.24, 2.45) is 5.92 Å². The maximum absolute atomic E-state index is 12.9. The van der Waals surface area contributed by atoms with Crippen molar-refractivity contribution in [3.05, 3.63) is 53.6 Å². The van der Waals surface area contributed by atoms with Crippen molar-refractivity contribution in [1.82, 2.24) is 24.7 Å². The molecule has 0 spiro atoms. The zero-order valence-electron chi connectivity index (χ0n) is 16.0. The summed E-state index contributed by atoms with van der Waals surface area (Å²) in [5.41, 5.74) is 1.40. The zero-order chi connectivity index (χ0) is 19.8. The average molecular weight is 381 g/mol. The van der Waals surface area contributed by atoms with Gasteiger partial charge in [0.2, 0.25) is 5.91 Å². The summed E-state index contributed by atoms with van der Waals surface area (Å²) >= 11 is 0. The third-order valence-corrected chi connectivity index (χ3v) is 5.57. The number of nitrogens with one attached hydrogen (secondary N) is 1. The predicted octanol–water partition coefficient (Wildman–Crippen LogP) is 0.918. The Morgan fingerprint density at radius 1 is 1.18 bits per heavy atom. The summed E-state index contributed by atoms with van der Waals surface area (Å²) in [4.78, 5) is 45.2.